The lowest BCUT2D eigenvalue weighted by Crippen LogP contribution is -2.25. The molecule has 0 spiro atoms. The molecule has 2 saturated carbocycles. The molecule has 2 N–H and O–H groups in total. The van der Waals surface area contributed by atoms with Crippen LogP contribution in [0, 0.1) is 5.92 Å². The van der Waals surface area contributed by atoms with Crippen LogP contribution in [0.1, 0.15) is 57.9 Å². The summed E-state index contributed by atoms with van der Waals surface area (Å²) in [4.78, 5) is 12.4. The topological polar surface area (TPSA) is 90.4 Å². The highest BCUT2D eigenvalue weighted by atomic mass is 16.6. The number of amides is 1. The number of hydrogen-bond acceptors (Lipinski definition) is 5. The van der Waals surface area contributed by atoms with Crippen LogP contribution in [0.25, 0.3) is 33.4 Å². The second-order valence-corrected chi connectivity index (χ2v) is 11.4. The number of fused-ring (bicyclic) bond motifs is 1. The van der Waals surface area contributed by atoms with Gasteiger partial charge < -0.3 is 18.8 Å². The molecule has 40 heavy (non-hydrogen) atoms. The maximum absolute atomic E-state index is 12.4. The molecule has 0 bridgehead atoms. The summed E-state index contributed by atoms with van der Waals surface area (Å²) in [6.07, 6.45) is 9.18. The average Bonchev–Trinajstić information content (AvgIpc) is 3.56. The van der Waals surface area contributed by atoms with Gasteiger partial charge in [-0.25, -0.2) is 4.79 Å². The van der Waals surface area contributed by atoms with E-state index in [9.17, 15) is 4.79 Å². The first-order valence-electron chi connectivity index (χ1n) is 14.6. The van der Waals surface area contributed by atoms with E-state index in [0.29, 0.717) is 12.0 Å². The molecule has 8 heteroatoms. The maximum Gasteiger partial charge on any atom is 0.411 e. The average molecular weight is 541 g/mol. The van der Waals surface area contributed by atoms with Crippen molar-refractivity contribution in [1.29, 1.82) is 0 Å². The molecule has 208 valence electrons. The lowest BCUT2D eigenvalue weighted by molar-refractivity contribution is 0.0256. The van der Waals surface area contributed by atoms with Gasteiger partial charge >= 0.3 is 6.09 Å². The third-order valence-corrected chi connectivity index (χ3v) is 8.64. The Bertz CT molecular complexity index is 1480. The van der Waals surface area contributed by atoms with Crippen molar-refractivity contribution < 1.29 is 19.0 Å². The van der Waals surface area contributed by atoms with Gasteiger partial charge in [0.1, 0.15) is 18.0 Å². The van der Waals surface area contributed by atoms with Crippen LogP contribution in [0.5, 0.6) is 5.75 Å². The summed E-state index contributed by atoms with van der Waals surface area (Å²) in [6, 6.07) is 17.0. The summed E-state index contributed by atoms with van der Waals surface area (Å²) in [5, 5.41) is 11.6. The lowest BCUT2D eigenvalue weighted by Gasteiger charge is -2.30. The number of nitrogens with zero attached hydrogens (tertiary/aromatic N) is 2. The Morgan fingerprint density at radius 2 is 1.85 bits per heavy atom. The molecule has 1 saturated heterocycles. The van der Waals surface area contributed by atoms with Crippen molar-refractivity contribution in [1.82, 2.24) is 14.8 Å². The molecule has 1 aliphatic heterocycles. The summed E-state index contributed by atoms with van der Waals surface area (Å²) in [6.45, 7) is 3.47. The monoisotopic (exact) mass is 540 g/mol. The normalized spacial score (nSPS) is 18.8. The largest absolute Gasteiger partial charge is 0.490 e. The smallest absolute Gasteiger partial charge is 0.411 e. The first-order valence-corrected chi connectivity index (χ1v) is 14.6. The first kappa shape index (κ1) is 25.2. The number of benzene rings is 2. The zero-order chi connectivity index (χ0) is 27.1. The van der Waals surface area contributed by atoms with E-state index in [-0.39, 0.29) is 12.2 Å². The Kier molecular flexibility index (Phi) is 6.71. The van der Waals surface area contributed by atoms with Crippen molar-refractivity contribution in [2.24, 2.45) is 5.92 Å². The van der Waals surface area contributed by atoms with Gasteiger partial charge in [0.15, 0.2) is 0 Å². The predicted octanol–water partition coefficient (Wildman–Crippen LogP) is 7.33. The highest BCUT2D eigenvalue weighted by molar-refractivity contribution is 6.04. The van der Waals surface area contributed by atoms with Gasteiger partial charge in [-0.2, -0.15) is 5.10 Å². The molecule has 1 amide bonds. The molecule has 8 nitrogen and oxygen atoms in total. The molecule has 1 atom stereocenters. The molecule has 4 aromatic rings. The standard InChI is InChI=1S/C32H36N4O4/c1-20(21-5-6-21)39-32(37)34-23-9-7-22(8-10-23)31-30(28-13-16-33-35-28)27-12-11-26(40-25-14-17-38-18-15-25)19-29(27)36(31)24-3-2-4-24/h7-13,16,19-21,24-25H,2-6,14-15,17-18H2,1H3,(H,33,35)(H,34,37). The van der Waals surface area contributed by atoms with Crippen LogP contribution < -0.4 is 10.1 Å². The fourth-order valence-electron chi connectivity index (χ4n) is 6.02. The minimum atomic E-state index is -0.397. The summed E-state index contributed by atoms with van der Waals surface area (Å²) in [5.74, 6) is 1.41. The molecule has 0 radical (unpaired) electrons. The zero-order valence-electron chi connectivity index (χ0n) is 22.9. The summed E-state index contributed by atoms with van der Waals surface area (Å²) < 4.78 is 20.0. The van der Waals surface area contributed by atoms with E-state index in [2.05, 4.69) is 50.4 Å². The SMILES string of the molecule is CC(OC(=O)Nc1ccc(-c2c(-c3ccn[nH]3)c3ccc(OC4CCOCC4)cc3n2C2CCC2)cc1)C1CC1. The summed E-state index contributed by atoms with van der Waals surface area (Å²) in [7, 11) is 0. The maximum atomic E-state index is 12.4. The van der Waals surface area contributed by atoms with Crippen molar-refractivity contribution in [2.75, 3.05) is 18.5 Å². The molecule has 3 heterocycles. The molecule has 7 rings (SSSR count). The van der Waals surface area contributed by atoms with Gasteiger partial charge in [-0.15, -0.1) is 0 Å². The number of aromatic amines is 1. The number of rotatable bonds is 8. The number of nitrogens with one attached hydrogen (secondary N) is 2. The highest BCUT2D eigenvalue weighted by Gasteiger charge is 2.31. The fraction of sp³-hybridized carbons (Fsp3) is 0.438. The van der Waals surface area contributed by atoms with Crippen molar-refractivity contribution in [3.63, 3.8) is 0 Å². The lowest BCUT2D eigenvalue weighted by atomic mass is 9.92. The molecule has 3 aliphatic rings. The first-order chi connectivity index (χ1) is 19.6. The third kappa shape index (κ3) is 4.96. The fourth-order valence-corrected chi connectivity index (χ4v) is 6.02. The number of anilines is 1. The van der Waals surface area contributed by atoms with Crippen molar-refractivity contribution in [2.45, 2.75) is 70.1 Å². The molecule has 2 aliphatic carbocycles. The molecular weight excluding hydrogens is 504 g/mol. The molecule has 3 fully saturated rings. The Balaban J connectivity index is 1.26. The predicted molar refractivity (Wildman–Crippen MR) is 155 cm³/mol. The van der Waals surface area contributed by atoms with Gasteiger partial charge in [-0.1, -0.05) is 12.1 Å². The van der Waals surface area contributed by atoms with E-state index in [1.165, 1.54) is 17.3 Å². The number of hydrogen-bond donors (Lipinski definition) is 2. The third-order valence-electron chi connectivity index (χ3n) is 8.64. The molecular formula is C32H36N4O4. The quantitative estimate of drug-likeness (QED) is 0.244. The Hall–Kier alpha value is -3.78. The van der Waals surface area contributed by atoms with Gasteiger partial charge in [-0.3, -0.25) is 10.4 Å². The Labute approximate surface area is 234 Å². The second kappa shape index (κ2) is 10.7. The summed E-state index contributed by atoms with van der Waals surface area (Å²) >= 11 is 0. The molecule has 2 aromatic carbocycles. The van der Waals surface area contributed by atoms with Crippen LogP contribution in [-0.4, -0.2) is 46.3 Å². The van der Waals surface area contributed by atoms with Gasteiger partial charge in [-0.05, 0) is 80.8 Å². The highest BCUT2D eigenvalue weighted by Crippen LogP contribution is 2.47. The Morgan fingerprint density at radius 1 is 1.05 bits per heavy atom. The minimum absolute atomic E-state index is 0.0465. The molecule has 1 unspecified atom stereocenters. The van der Waals surface area contributed by atoms with Crippen molar-refractivity contribution in [3.05, 3.63) is 54.7 Å². The van der Waals surface area contributed by atoms with Gasteiger partial charge in [0.05, 0.1) is 30.1 Å². The van der Waals surface area contributed by atoms with E-state index in [0.717, 1.165) is 85.7 Å². The second-order valence-electron chi connectivity index (χ2n) is 11.4. The van der Waals surface area contributed by atoms with Gasteiger partial charge in [0.2, 0.25) is 0 Å². The van der Waals surface area contributed by atoms with Crippen LogP contribution in [-0.2, 0) is 9.47 Å². The van der Waals surface area contributed by atoms with E-state index >= 15 is 0 Å². The van der Waals surface area contributed by atoms with Crippen LogP contribution in [0.15, 0.2) is 54.7 Å². The number of ether oxygens (including phenoxy) is 3. The van der Waals surface area contributed by atoms with Gasteiger partial charge in [0, 0.05) is 47.8 Å². The minimum Gasteiger partial charge on any atom is -0.490 e. The van der Waals surface area contributed by atoms with Crippen LogP contribution in [0.2, 0.25) is 0 Å². The van der Waals surface area contributed by atoms with Crippen molar-refractivity contribution >= 4 is 22.7 Å². The van der Waals surface area contributed by atoms with E-state index < -0.39 is 6.09 Å². The van der Waals surface area contributed by atoms with Gasteiger partial charge in [0.25, 0.3) is 0 Å². The molecule has 2 aromatic heterocycles. The van der Waals surface area contributed by atoms with Crippen LogP contribution in [0.3, 0.4) is 0 Å². The van der Waals surface area contributed by atoms with E-state index in [4.69, 9.17) is 14.2 Å². The van der Waals surface area contributed by atoms with Crippen LogP contribution in [0.4, 0.5) is 10.5 Å². The van der Waals surface area contributed by atoms with E-state index in [1.807, 2.05) is 25.1 Å². The number of aromatic nitrogens is 3. The van der Waals surface area contributed by atoms with E-state index in [1.54, 1.807) is 6.20 Å². The Morgan fingerprint density at radius 3 is 2.52 bits per heavy atom. The number of carbonyl (C=O) groups is 1. The number of carbonyl (C=O) groups excluding carboxylic acids is 1. The summed E-state index contributed by atoms with van der Waals surface area (Å²) in [5.41, 5.74) is 6.26. The number of H-pyrrole nitrogens is 1. The zero-order valence-corrected chi connectivity index (χ0v) is 22.9. The van der Waals surface area contributed by atoms with Crippen LogP contribution >= 0.6 is 0 Å². The van der Waals surface area contributed by atoms with Crippen molar-refractivity contribution in [3.8, 4) is 28.3 Å².